The maximum Gasteiger partial charge on any atom is 0.238 e. The van der Waals surface area contributed by atoms with Crippen molar-refractivity contribution < 1.29 is 4.79 Å². The zero-order valence-corrected chi connectivity index (χ0v) is 12.0. The van der Waals surface area contributed by atoms with E-state index in [0.29, 0.717) is 18.5 Å². The van der Waals surface area contributed by atoms with Crippen LogP contribution in [0.1, 0.15) is 44.7 Å². The van der Waals surface area contributed by atoms with Gasteiger partial charge in [0.1, 0.15) is 0 Å². The highest BCUT2D eigenvalue weighted by atomic mass is 16.1. The van der Waals surface area contributed by atoms with Crippen LogP contribution < -0.4 is 10.6 Å². The van der Waals surface area contributed by atoms with Gasteiger partial charge in [0.2, 0.25) is 5.91 Å². The monoisotopic (exact) mass is 248 g/mol. The minimum Gasteiger partial charge on any atom is -0.324 e. The molecule has 3 nitrogen and oxygen atoms in total. The van der Waals surface area contributed by atoms with Crippen molar-refractivity contribution in [3.05, 3.63) is 29.3 Å². The Balaban J connectivity index is 2.80. The largest absolute Gasteiger partial charge is 0.324 e. The number of aryl methyl sites for hydroxylation is 1. The van der Waals surface area contributed by atoms with E-state index in [9.17, 15) is 4.79 Å². The highest BCUT2D eigenvalue weighted by Gasteiger charge is 2.11. The van der Waals surface area contributed by atoms with Crippen LogP contribution >= 0.6 is 0 Å². The normalized spacial score (nSPS) is 11.1. The summed E-state index contributed by atoms with van der Waals surface area (Å²) in [5, 5.41) is 6.14. The molecule has 0 saturated carbocycles. The maximum absolute atomic E-state index is 11.9. The van der Waals surface area contributed by atoms with Crippen LogP contribution in [-0.2, 0) is 4.79 Å². The number of hydrogen-bond acceptors (Lipinski definition) is 2. The molecule has 1 rings (SSSR count). The van der Waals surface area contributed by atoms with E-state index in [-0.39, 0.29) is 5.91 Å². The number of nitrogens with one attached hydrogen (secondary N) is 2. The fraction of sp³-hybridized carbons (Fsp3) is 0.533. The maximum atomic E-state index is 11.9. The Morgan fingerprint density at radius 1 is 1.22 bits per heavy atom. The van der Waals surface area contributed by atoms with Gasteiger partial charge in [0, 0.05) is 11.7 Å². The molecule has 0 aliphatic heterocycles. The van der Waals surface area contributed by atoms with Crippen molar-refractivity contribution in [3.8, 4) is 0 Å². The van der Waals surface area contributed by atoms with E-state index in [1.54, 1.807) is 0 Å². The Hall–Kier alpha value is -1.35. The van der Waals surface area contributed by atoms with Crippen LogP contribution in [0.5, 0.6) is 0 Å². The standard InChI is InChI=1S/C15H24N2O/c1-10(2)13-8-6-7-12(5)15(13)17-14(18)9-16-11(3)4/h6-8,10-11,16H,9H2,1-5H3,(H,17,18). The molecule has 0 spiro atoms. The molecule has 100 valence electrons. The molecular formula is C15H24N2O. The SMILES string of the molecule is Cc1cccc(C(C)C)c1NC(=O)CNC(C)C. The van der Waals surface area contributed by atoms with E-state index in [0.717, 1.165) is 11.3 Å². The molecule has 0 atom stereocenters. The van der Waals surface area contributed by atoms with Gasteiger partial charge < -0.3 is 10.6 Å². The van der Waals surface area contributed by atoms with Gasteiger partial charge in [-0.25, -0.2) is 0 Å². The van der Waals surface area contributed by atoms with Crippen LogP contribution in [-0.4, -0.2) is 18.5 Å². The van der Waals surface area contributed by atoms with Crippen molar-refractivity contribution in [3.63, 3.8) is 0 Å². The molecule has 0 heterocycles. The zero-order valence-electron chi connectivity index (χ0n) is 12.0. The number of carbonyl (C=O) groups excluding carboxylic acids is 1. The van der Waals surface area contributed by atoms with Crippen LogP contribution in [0, 0.1) is 6.92 Å². The summed E-state index contributed by atoms with van der Waals surface area (Å²) in [6, 6.07) is 6.45. The van der Waals surface area contributed by atoms with Gasteiger partial charge in [0.15, 0.2) is 0 Å². The number of amides is 1. The summed E-state index contributed by atoms with van der Waals surface area (Å²) in [5.41, 5.74) is 3.26. The molecule has 0 radical (unpaired) electrons. The van der Waals surface area contributed by atoms with E-state index in [4.69, 9.17) is 0 Å². The second kappa shape index (κ2) is 6.55. The van der Waals surface area contributed by atoms with Gasteiger partial charge in [0.05, 0.1) is 6.54 Å². The summed E-state index contributed by atoms with van der Waals surface area (Å²) in [6.07, 6.45) is 0. The molecule has 0 aromatic heterocycles. The summed E-state index contributed by atoms with van der Waals surface area (Å²) in [5.74, 6) is 0.415. The molecule has 0 unspecified atom stereocenters. The van der Waals surface area contributed by atoms with Crippen molar-refractivity contribution in [1.29, 1.82) is 0 Å². The van der Waals surface area contributed by atoms with Crippen molar-refractivity contribution in [2.45, 2.75) is 46.6 Å². The fourth-order valence-electron chi connectivity index (χ4n) is 1.82. The fourth-order valence-corrected chi connectivity index (χ4v) is 1.82. The van der Waals surface area contributed by atoms with Crippen molar-refractivity contribution in [1.82, 2.24) is 5.32 Å². The van der Waals surface area contributed by atoms with Crippen LogP contribution in [0.15, 0.2) is 18.2 Å². The molecule has 1 aromatic carbocycles. The summed E-state index contributed by atoms with van der Waals surface area (Å²) >= 11 is 0. The Bertz CT molecular complexity index is 411. The third-order valence-electron chi connectivity index (χ3n) is 2.86. The first-order valence-corrected chi connectivity index (χ1v) is 6.54. The molecule has 0 bridgehead atoms. The smallest absolute Gasteiger partial charge is 0.238 e. The average molecular weight is 248 g/mol. The van der Waals surface area contributed by atoms with Crippen LogP contribution in [0.25, 0.3) is 0 Å². The number of rotatable bonds is 5. The van der Waals surface area contributed by atoms with E-state index in [1.165, 1.54) is 5.56 Å². The van der Waals surface area contributed by atoms with E-state index < -0.39 is 0 Å². The molecule has 0 fully saturated rings. The zero-order chi connectivity index (χ0) is 13.7. The number of para-hydroxylation sites is 1. The lowest BCUT2D eigenvalue weighted by Gasteiger charge is -2.17. The molecule has 2 N–H and O–H groups in total. The quantitative estimate of drug-likeness (QED) is 0.841. The van der Waals surface area contributed by atoms with Gasteiger partial charge in [0.25, 0.3) is 0 Å². The molecule has 18 heavy (non-hydrogen) atoms. The summed E-state index contributed by atoms with van der Waals surface area (Å²) in [4.78, 5) is 11.9. The topological polar surface area (TPSA) is 41.1 Å². The molecule has 0 saturated heterocycles. The minimum atomic E-state index is 0.0138. The lowest BCUT2D eigenvalue weighted by atomic mass is 9.98. The number of benzene rings is 1. The van der Waals surface area contributed by atoms with Gasteiger partial charge in [-0.1, -0.05) is 45.9 Å². The number of anilines is 1. The molecule has 0 aliphatic carbocycles. The molecule has 3 heteroatoms. The predicted octanol–water partition coefficient (Wildman–Crippen LogP) is 3.05. The molecule has 1 aromatic rings. The van der Waals surface area contributed by atoms with Crippen molar-refractivity contribution in [2.24, 2.45) is 0 Å². The number of carbonyl (C=O) groups is 1. The van der Waals surface area contributed by atoms with Gasteiger partial charge in [-0.3, -0.25) is 4.79 Å². The summed E-state index contributed by atoms with van der Waals surface area (Å²) in [6.45, 7) is 10.7. The Morgan fingerprint density at radius 3 is 2.44 bits per heavy atom. The van der Waals surface area contributed by atoms with E-state index in [1.807, 2.05) is 32.9 Å². The van der Waals surface area contributed by atoms with Crippen molar-refractivity contribution in [2.75, 3.05) is 11.9 Å². The molecule has 1 amide bonds. The van der Waals surface area contributed by atoms with E-state index >= 15 is 0 Å². The van der Waals surface area contributed by atoms with Crippen LogP contribution in [0.3, 0.4) is 0 Å². The van der Waals surface area contributed by atoms with E-state index in [2.05, 4.69) is 30.5 Å². The average Bonchev–Trinajstić information content (AvgIpc) is 2.28. The van der Waals surface area contributed by atoms with Crippen LogP contribution in [0.4, 0.5) is 5.69 Å². The van der Waals surface area contributed by atoms with Gasteiger partial charge in [-0.15, -0.1) is 0 Å². The first kappa shape index (κ1) is 14.7. The second-order valence-electron chi connectivity index (χ2n) is 5.28. The third-order valence-corrected chi connectivity index (χ3v) is 2.86. The van der Waals surface area contributed by atoms with Gasteiger partial charge >= 0.3 is 0 Å². The first-order chi connectivity index (χ1) is 8.41. The highest BCUT2D eigenvalue weighted by Crippen LogP contribution is 2.27. The summed E-state index contributed by atoms with van der Waals surface area (Å²) in [7, 11) is 0. The van der Waals surface area contributed by atoms with Gasteiger partial charge in [-0.2, -0.15) is 0 Å². The van der Waals surface area contributed by atoms with Gasteiger partial charge in [-0.05, 0) is 24.0 Å². The third kappa shape index (κ3) is 4.15. The number of hydrogen-bond donors (Lipinski definition) is 2. The minimum absolute atomic E-state index is 0.0138. The summed E-state index contributed by atoms with van der Waals surface area (Å²) < 4.78 is 0. The molecular weight excluding hydrogens is 224 g/mol. The molecule has 0 aliphatic rings. The second-order valence-corrected chi connectivity index (χ2v) is 5.28. The first-order valence-electron chi connectivity index (χ1n) is 6.54. The van der Waals surface area contributed by atoms with Crippen molar-refractivity contribution >= 4 is 11.6 Å². The lowest BCUT2D eigenvalue weighted by molar-refractivity contribution is -0.115. The Labute approximate surface area is 110 Å². The lowest BCUT2D eigenvalue weighted by Crippen LogP contribution is -2.33. The Morgan fingerprint density at radius 2 is 1.89 bits per heavy atom. The predicted molar refractivity (Wildman–Crippen MR) is 77.0 cm³/mol. The highest BCUT2D eigenvalue weighted by molar-refractivity contribution is 5.93. The Kier molecular flexibility index (Phi) is 5.35. The van der Waals surface area contributed by atoms with Crippen LogP contribution in [0.2, 0.25) is 0 Å².